The molecule has 1 nitrogen and oxygen atoms in total. The van der Waals surface area contributed by atoms with Crippen molar-refractivity contribution in [2.24, 2.45) is 0 Å². The van der Waals surface area contributed by atoms with Crippen molar-refractivity contribution in [3.05, 3.63) is 66.4 Å². The van der Waals surface area contributed by atoms with Crippen molar-refractivity contribution >= 4 is 0 Å². The van der Waals surface area contributed by atoms with Crippen LogP contribution in [-0.2, 0) is 10.3 Å². The van der Waals surface area contributed by atoms with Gasteiger partial charge in [-0.1, -0.05) is 30.4 Å². The number of hydrogen-bond acceptors (Lipinski definition) is 1. The van der Waals surface area contributed by atoms with Crippen molar-refractivity contribution in [3.8, 4) is 0 Å². The normalized spacial score (nSPS) is 18.0. The van der Waals surface area contributed by atoms with Gasteiger partial charge in [0, 0.05) is 12.0 Å². The number of halogens is 4. The van der Waals surface area contributed by atoms with Gasteiger partial charge in [-0.3, -0.25) is 4.74 Å². The lowest BCUT2D eigenvalue weighted by molar-refractivity contribution is -0.353. The Morgan fingerprint density at radius 3 is 2.17 bits per heavy atom. The molecule has 2 rings (SSSR count). The third-order valence-corrected chi connectivity index (χ3v) is 2.49. The molecule has 0 saturated heterocycles. The highest BCUT2D eigenvalue weighted by Crippen LogP contribution is 2.38. The van der Waals surface area contributed by atoms with Crippen LogP contribution in [0, 0.1) is 12.2 Å². The van der Waals surface area contributed by atoms with Gasteiger partial charge in [-0.05, 0) is 18.2 Å². The smallest absolute Gasteiger partial charge is 0.272 e. The van der Waals surface area contributed by atoms with Gasteiger partial charge in [-0.2, -0.15) is 0 Å². The Morgan fingerprint density at radius 1 is 1.00 bits per heavy atom. The zero-order chi connectivity index (χ0) is 13.2. The molecular weight excluding hydrogens is 248 g/mol. The zero-order valence-corrected chi connectivity index (χ0v) is 9.12. The molecule has 0 spiro atoms. The molecule has 0 atom stereocenters. The van der Waals surface area contributed by atoms with Gasteiger partial charge in [-0.15, -0.1) is 13.2 Å². The standard InChI is InChI=1S/C13H9F4O/c14-11-7-3-2-6-10(11)12(18-13(15,16)17)8-4-1-5-9-12/h1-9H. The molecule has 1 aliphatic carbocycles. The number of hydrogen-bond donors (Lipinski definition) is 0. The first-order valence-corrected chi connectivity index (χ1v) is 5.15. The molecule has 95 valence electrons. The molecule has 0 aromatic heterocycles. The van der Waals surface area contributed by atoms with Crippen molar-refractivity contribution in [2.45, 2.75) is 12.0 Å². The summed E-state index contributed by atoms with van der Waals surface area (Å²) in [5, 5.41) is 0. The van der Waals surface area contributed by atoms with Crippen molar-refractivity contribution in [1.29, 1.82) is 0 Å². The molecule has 1 aromatic carbocycles. The number of rotatable bonds is 2. The predicted molar refractivity (Wildman–Crippen MR) is 57.8 cm³/mol. The molecular formula is C13H9F4O. The number of allylic oxidation sites excluding steroid dienone is 2. The van der Waals surface area contributed by atoms with Crippen molar-refractivity contribution < 1.29 is 22.3 Å². The highest BCUT2D eigenvalue weighted by atomic mass is 19.4. The van der Waals surface area contributed by atoms with Crippen LogP contribution in [0.2, 0.25) is 0 Å². The largest absolute Gasteiger partial charge is 0.523 e. The molecule has 1 radical (unpaired) electrons. The summed E-state index contributed by atoms with van der Waals surface area (Å²) in [6, 6.07) is 5.22. The van der Waals surface area contributed by atoms with Gasteiger partial charge in [0.1, 0.15) is 11.4 Å². The third kappa shape index (κ3) is 2.61. The van der Waals surface area contributed by atoms with Crippen molar-refractivity contribution in [2.75, 3.05) is 0 Å². The lowest BCUT2D eigenvalue weighted by Crippen LogP contribution is -2.34. The predicted octanol–water partition coefficient (Wildman–Crippen LogP) is 3.89. The Balaban J connectivity index is 2.50. The third-order valence-electron chi connectivity index (χ3n) is 2.49. The average Bonchev–Trinajstić information content (AvgIpc) is 2.28. The topological polar surface area (TPSA) is 9.23 Å². The van der Waals surface area contributed by atoms with Gasteiger partial charge >= 0.3 is 6.36 Å². The van der Waals surface area contributed by atoms with E-state index in [1.807, 2.05) is 0 Å². The molecule has 0 heterocycles. The van der Waals surface area contributed by atoms with Gasteiger partial charge < -0.3 is 0 Å². The van der Waals surface area contributed by atoms with Crippen LogP contribution < -0.4 is 0 Å². The molecule has 0 saturated carbocycles. The lowest BCUT2D eigenvalue weighted by atomic mass is 9.89. The van der Waals surface area contributed by atoms with Gasteiger partial charge in [0.15, 0.2) is 0 Å². The lowest BCUT2D eigenvalue weighted by Gasteiger charge is -2.30. The summed E-state index contributed by atoms with van der Waals surface area (Å²) < 4.78 is 55.2. The van der Waals surface area contributed by atoms with E-state index >= 15 is 0 Å². The van der Waals surface area contributed by atoms with Crippen LogP contribution in [0.15, 0.2) is 48.6 Å². The van der Waals surface area contributed by atoms with Crippen LogP contribution in [0.3, 0.4) is 0 Å². The van der Waals surface area contributed by atoms with Gasteiger partial charge in [-0.25, -0.2) is 4.39 Å². The highest BCUT2D eigenvalue weighted by Gasteiger charge is 2.43. The second-order valence-corrected chi connectivity index (χ2v) is 3.73. The fourth-order valence-electron chi connectivity index (χ4n) is 1.79. The minimum Gasteiger partial charge on any atom is -0.272 e. The van der Waals surface area contributed by atoms with Crippen molar-refractivity contribution in [1.82, 2.24) is 0 Å². The summed E-state index contributed by atoms with van der Waals surface area (Å²) in [7, 11) is 0. The van der Waals surface area contributed by atoms with E-state index in [1.165, 1.54) is 42.5 Å². The van der Waals surface area contributed by atoms with E-state index in [1.54, 1.807) is 6.42 Å². The molecule has 0 unspecified atom stereocenters. The number of alkyl halides is 3. The summed E-state index contributed by atoms with van der Waals surface area (Å²) in [6.45, 7) is 0. The van der Waals surface area contributed by atoms with E-state index in [2.05, 4.69) is 4.74 Å². The van der Waals surface area contributed by atoms with Crippen LogP contribution in [0.4, 0.5) is 17.6 Å². The maximum absolute atomic E-state index is 13.7. The summed E-state index contributed by atoms with van der Waals surface area (Å²) >= 11 is 0. The van der Waals surface area contributed by atoms with E-state index < -0.39 is 17.8 Å². The van der Waals surface area contributed by atoms with Crippen LogP contribution in [0.5, 0.6) is 0 Å². The van der Waals surface area contributed by atoms with E-state index in [4.69, 9.17) is 0 Å². The summed E-state index contributed by atoms with van der Waals surface area (Å²) in [5.74, 6) is -0.752. The Kier molecular flexibility index (Phi) is 3.26. The minimum absolute atomic E-state index is 0.178. The quantitative estimate of drug-likeness (QED) is 0.730. The van der Waals surface area contributed by atoms with Crippen LogP contribution in [0.1, 0.15) is 5.56 Å². The van der Waals surface area contributed by atoms with E-state index in [9.17, 15) is 17.6 Å². The monoisotopic (exact) mass is 257 g/mol. The second kappa shape index (κ2) is 4.57. The Morgan fingerprint density at radius 2 is 1.61 bits per heavy atom. The molecule has 0 bridgehead atoms. The SMILES string of the molecule is Fc1ccccc1C1(OC(F)(F)F)C=C[CH]C=C1. The maximum Gasteiger partial charge on any atom is 0.523 e. The van der Waals surface area contributed by atoms with E-state index in [-0.39, 0.29) is 5.56 Å². The van der Waals surface area contributed by atoms with Gasteiger partial charge in [0.25, 0.3) is 0 Å². The summed E-state index contributed by atoms with van der Waals surface area (Å²) in [6.07, 6.45) is 1.78. The van der Waals surface area contributed by atoms with Crippen molar-refractivity contribution in [3.63, 3.8) is 0 Å². The molecule has 0 amide bonds. The minimum atomic E-state index is -4.87. The Labute approximate surface area is 101 Å². The fourth-order valence-corrected chi connectivity index (χ4v) is 1.79. The van der Waals surface area contributed by atoms with Crippen LogP contribution >= 0.6 is 0 Å². The first-order chi connectivity index (χ1) is 8.43. The first-order valence-electron chi connectivity index (χ1n) is 5.15. The molecule has 0 aliphatic heterocycles. The molecule has 0 N–H and O–H groups in total. The van der Waals surface area contributed by atoms with E-state index in [0.29, 0.717) is 0 Å². The van der Waals surface area contributed by atoms with E-state index in [0.717, 1.165) is 6.07 Å². The Hall–Kier alpha value is -1.62. The maximum atomic E-state index is 13.7. The second-order valence-electron chi connectivity index (χ2n) is 3.73. The van der Waals surface area contributed by atoms with Gasteiger partial charge in [0.2, 0.25) is 0 Å². The zero-order valence-electron chi connectivity index (χ0n) is 9.12. The molecule has 1 aromatic rings. The highest BCUT2D eigenvalue weighted by molar-refractivity contribution is 5.39. The summed E-state index contributed by atoms with van der Waals surface area (Å²) in [5.41, 5.74) is -2.12. The Bertz CT molecular complexity index is 476. The van der Waals surface area contributed by atoms with Gasteiger partial charge in [0.05, 0.1) is 0 Å². The van der Waals surface area contributed by atoms with Crippen LogP contribution in [0.25, 0.3) is 0 Å². The number of ether oxygens (including phenoxy) is 1. The molecule has 1 aliphatic rings. The number of benzene rings is 1. The summed E-state index contributed by atoms with van der Waals surface area (Å²) in [4.78, 5) is 0. The molecule has 18 heavy (non-hydrogen) atoms. The fraction of sp³-hybridized carbons (Fsp3) is 0.154. The molecule has 0 fully saturated rings. The first kappa shape index (κ1) is 12.8. The average molecular weight is 257 g/mol. The molecule has 5 heteroatoms. The van der Waals surface area contributed by atoms with Crippen LogP contribution in [-0.4, -0.2) is 6.36 Å².